The highest BCUT2D eigenvalue weighted by Crippen LogP contribution is 2.37. The Morgan fingerprint density at radius 3 is 1.17 bits per heavy atom. The van der Waals surface area contributed by atoms with Gasteiger partial charge in [0.05, 0.1) is 6.63 Å². The van der Waals surface area contributed by atoms with Gasteiger partial charge in [0.25, 0.3) is 0 Å². The summed E-state index contributed by atoms with van der Waals surface area (Å²) in [5, 5.41) is 0. The Kier molecular flexibility index (Phi) is 5.42. The first-order valence-corrected chi connectivity index (χ1v) is 22.4. The van der Waals surface area contributed by atoms with E-state index in [0.717, 1.165) is 0 Å². The van der Waals surface area contributed by atoms with Crippen molar-refractivity contribution in [2.45, 2.75) is 65.8 Å². The van der Waals surface area contributed by atoms with Crippen LogP contribution in [0.5, 0.6) is 0 Å². The summed E-state index contributed by atoms with van der Waals surface area (Å²) in [5.41, 5.74) is 2.49. The van der Waals surface area contributed by atoms with Crippen LogP contribution in [0.15, 0.2) is 11.8 Å². The molecule has 0 amide bonds. The molecule has 0 bridgehead atoms. The predicted octanol–water partition coefficient (Wildman–Crippen LogP) is 4.37. The van der Waals surface area contributed by atoms with Gasteiger partial charge in [0, 0.05) is 22.8 Å². The number of rotatable bonds is 5. The molecule has 0 atom stereocenters. The molecule has 0 radical (unpaired) electrons. The maximum atomic E-state index is 11.5. The molecule has 0 N–H and O–H groups in total. The summed E-state index contributed by atoms with van der Waals surface area (Å²) >= 11 is 0. The number of carbonyl (C=O) groups is 1. The molecule has 0 aliphatic rings. The average Bonchev–Trinajstić information content (AvgIpc) is 1.94. The zero-order valence-electron chi connectivity index (χ0n) is 14.1. The Labute approximate surface area is 117 Å². The first kappa shape index (κ1) is 18.3. The van der Waals surface area contributed by atoms with Crippen molar-refractivity contribution in [3.63, 3.8) is 0 Å². The third-order valence-electron chi connectivity index (χ3n) is 4.12. The molecule has 0 saturated heterocycles. The molecule has 0 saturated carbocycles. The number of ketones is 1. The highest BCUT2D eigenvalue weighted by Gasteiger charge is 2.59. The van der Waals surface area contributed by atoms with Crippen LogP contribution in [0.1, 0.15) is 6.92 Å². The van der Waals surface area contributed by atoms with Gasteiger partial charge in [-0.1, -0.05) is 64.6 Å². The Bertz CT molecular complexity index is 303. The Morgan fingerprint density at radius 1 is 0.722 bits per heavy atom. The highest BCUT2D eigenvalue weighted by atomic mass is 29.9. The third-order valence-corrected chi connectivity index (χ3v) is 75.2. The van der Waals surface area contributed by atoms with Gasteiger partial charge >= 0.3 is 0 Å². The smallest absolute Gasteiger partial charge is 0.151 e. The van der Waals surface area contributed by atoms with Crippen molar-refractivity contribution in [3.8, 4) is 0 Å². The van der Waals surface area contributed by atoms with Crippen LogP contribution in [0.2, 0.25) is 58.9 Å². The van der Waals surface area contributed by atoms with Crippen molar-refractivity contribution in [2.75, 3.05) is 0 Å². The van der Waals surface area contributed by atoms with E-state index in [1.165, 1.54) is 0 Å². The zero-order chi connectivity index (χ0) is 15.0. The van der Waals surface area contributed by atoms with Crippen LogP contribution in [0.4, 0.5) is 0 Å². The summed E-state index contributed by atoms with van der Waals surface area (Å²) in [7, 11) is -3.75. The Morgan fingerprint density at radius 2 is 1.00 bits per heavy atom. The number of hydrogen-bond acceptors (Lipinski definition) is 1. The van der Waals surface area contributed by atoms with Crippen LogP contribution >= 0.6 is 0 Å². The van der Waals surface area contributed by atoms with E-state index in [2.05, 4.69) is 64.6 Å². The first-order chi connectivity index (χ1) is 7.67. The van der Waals surface area contributed by atoms with Gasteiger partial charge in [-0.15, -0.1) is 0 Å². The van der Waals surface area contributed by atoms with E-state index in [0.29, 0.717) is 0 Å². The summed E-state index contributed by atoms with van der Waals surface area (Å²) < 4.78 is 0. The van der Waals surface area contributed by atoms with E-state index >= 15 is 0 Å². The van der Waals surface area contributed by atoms with Gasteiger partial charge in [-0.3, -0.25) is 4.79 Å². The Hall–Kier alpha value is 0.278. The van der Waals surface area contributed by atoms with Gasteiger partial charge in [-0.05, 0) is 13.0 Å². The second kappa shape index (κ2) is 5.34. The van der Waals surface area contributed by atoms with Crippen LogP contribution in [0, 0.1) is 0 Å². The van der Waals surface area contributed by atoms with Gasteiger partial charge in [-0.25, -0.2) is 0 Å². The van der Waals surface area contributed by atoms with E-state index < -0.39 is 29.4 Å². The minimum Gasteiger partial charge on any atom is -0.295 e. The van der Waals surface area contributed by atoms with Gasteiger partial charge in [0.1, 0.15) is 0 Å². The van der Waals surface area contributed by atoms with E-state index in [4.69, 9.17) is 0 Å². The zero-order valence-corrected chi connectivity index (χ0v) is 18.1. The molecule has 18 heavy (non-hydrogen) atoms. The molecule has 0 aromatic rings. The monoisotopic (exact) mass is 316 g/mol. The summed E-state index contributed by atoms with van der Waals surface area (Å²) in [5.74, 6) is 0.224. The largest absolute Gasteiger partial charge is 0.295 e. The molecular formula is C13H32OSi4. The lowest BCUT2D eigenvalue weighted by molar-refractivity contribution is -0.112. The lowest BCUT2D eigenvalue weighted by Crippen LogP contribution is -2.81. The van der Waals surface area contributed by atoms with Crippen LogP contribution in [0.25, 0.3) is 0 Å². The normalized spacial score (nSPS) is 15.2. The lowest BCUT2D eigenvalue weighted by atomic mass is 10.5. The van der Waals surface area contributed by atoms with Gasteiger partial charge < -0.3 is 0 Å². The molecule has 0 spiro atoms. The molecule has 106 valence electrons. The minimum absolute atomic E-state index is 0.224. The molecule has 0 aliphatic carbocycles. The molecule has 1 nitrogen and oxygen atoms in total. The lowest BCUT2D eigenvalue weighted by Gasteiger charge is -2.55. The maximum absolute atomic E-state index is 11.5. The van der Waals surface area contributed by atoms with Crippen molar-refractivity contribution >= 4 is 35.2 Å². The topological polar surface area (TPSA) is 17.1 Å². The SMILES string of the molecule is CC(=O)/C=C\[Si]([Si](C)(C)C)([Si](C)(C)C)[Si](C)(C)C. The van der Waals surface area contributed by atoms with Gasteiger partial charge in [0.15, 0.2) is 5.78 Å². The highest BCUT2D eigenvalue weighted by molar-refractivity contribution is 7.90. The van der Waals surface area contributed by atoms with E-state index in [1.54, 1.807) is 6.92 Å². The average molecular weight is 317 g/mol. The molecule has 0 aliphatic heterocycles. The standard InChI is InChI=1S/C13H32OSi4/c1-13(14)11-12-18(15(2,3)4,16(5,6)7)17(8,9)10/h11-12H,1-10H3/b12-11-. The van der Waals surface area contributed by atoms with E-state index in [-0.39, 0.29) is 5.78 Å². The molecule has 0 fully saturated rings. The fraction of sp³-hybridized carbons (Fsp3) is 0.769. The number of allylic oxidation sites excluding steroid dienone is 1. The van der Waals surface area contributed by atoms with Gasteiger partial charge in [0.2, 0.25) is 0 Å². The second-order valence-corrected chi connectivity index (χ2v) is 49.0. The van der Waals surface area contributed by atoms with Crippen molar-refractivity contribution in [1.82, 2.24) is 0 Å². The first-order valence-electron chi connectivity index (χ1n) is 6.86. The maximum Gasteiger partial charge on any atom is 0.151 e. The van der Waals surface area contributed by atoms with Crippen LogP contribution in [-0.2, 0) is 4.79 Å². The molecular weight excluding hydrogens is 284 g/mol. The van der Waals surface area contributed by atoms with Crippen LogP contribution < -0.4 is 0 Å². The van der Waals surface area contributed by atoms with Crippen molar-refractivity contribution < 1.29 is 4.79 Å². The summed E-state index contributed by atoms with van der Waals surface area (Å²) in [6.45, 7) is 23.1. The summed E-state index contributed by atoms with van der Waals surface area (Å²) in [6.07, 6.45) is 1.92. The van der Waals surface area contributed by atoms with E-state index in [9.17, 15) is 4.79 Å². The molecule has 5 heteroatoms. The molecule has 0 heterocycles. The van der Waals surface area contributed by atoms with E-state index in [1.807, 2.05) is 6.08 Å². The van der Waals surface area contributed by atoms with Gasteiger partial charge in [-0.2, -0.15) is 0 Å². The van der Waals surface area contributed by atoms with Crippen LogP contribution in [0.3, 0.4) is 0 Å². The fourth-order valence-electron chi connectivity index (χ4n) is 4.37. The van der Waals surface area contributed by atoms with Crippen molar-refractivity contribution in [3.05, 3.63) is 11.8 Å². The third kappa shape index (κ3) is 3.43. The minimum atomic E-state index is -1.45. The number of hydrogen-bond donors (Lipinski definition) is 0. The number of carbonyl (C=O) groups excluding carboxylic acids is 1. The molecule has 0 aromatic heterocycles. The predicted molar refractivity (Wildman–Crippen MR) is 95.6 cm³/mol. The van der Waals surface area contributed by atoms with Crippen molar-refractivity contribution in [1.29, 1.82) is 0 Å². The Balaban J connectivity index is 6.18. The quantitative estimate of drug-likeness (QED) is 0.544. The van der Waals surface area contributed by atoms with Crippen molar-refractivity contribution in [2.24, 2.45) is 0 Å². The summed E-state index contributed by atoms with van der Waals surface area (Å²) in [6, 6.07) is 0. The van der Waals surface area contributed by atoms with Crippen LogP contribution in [-0.4, -0.2) is 35.2 Å². The second-order valence-electron chi connectivity index (χ2n) is 8.50. The molecule has 0 unspecified atom stereocenters. The summed E-state index contributed by atoms with van der Waals surface area (Å²) in [4.78, 5) is 11.5. The molecule has 0 rings (SSSR count). The fourth-order valence-corrected chi connectivity index (χ4v) is 99.4. The molecule has 0 aromatic carbocycles.